The van der Waals surface area contributed by atoms with Gasteiger partial charge in [-0.3, -0.25) is 0 Å². The first-order valence-corrected chi connectivity index (χ1v) is 7.84. The third kappa shape index (κ3) is 3.82. The largest absolute Gasteiger partial charge is 0.248 e. The lowest BCUT2D eigenvalue weighted by Crippen LogP contribution is -1.99. The summed E-state index contributed by atoms with van der Waals surface area (Å²) in [6, 6.07) is 19.2. The first-order valence-electron chi connectivity index (χ1n) is 7.84. The summed E-state index contributed by atoms with van der Waals surface area (Å²) in [5.41, 5.74) is 5.04. The van der Waals surface area contributed by atoms with Gasteiger partial charge in [-0.05, 0) is 36.0 Å². The monoisotopic (exact) mass is 291 g/mol. The van der Waals surface area contributed by atoms with Gasteiger partial charge in [0, 0.05) is 6.20 Å². The summed E-state index contributed by atoms with van der Waals surface area (Å²) in [6.45, 7) is 2.96. The van der Waals surface area contributed by atoms with Crippen LogP contribution in [0.1, 0.15) is 29.3 Å². The van der Waals surface area contributed by atoms with E-state index in [1.807, 2.05) is 29.1 Å². The van der Waals surface area contributed by atoms with E-state index in [2.05, 4.69) is 53.6 Å². The Morgan fingerprint density at radius 3 is 2.27 bits per heavy atom. The molecule has 112 valence electrons. The zero-order valence-electron chi connectivity index (χ0n) is 12.9. The Morgan fingerprint density at radius 2 is 1.55 bits per heavy atom. The molecule has 2 aromatic carbocycles. The third-order valence-electron chi connectivity index (χ3n) is 3.87. The third-order valence-corrected chi connectivity index (χ3v) is 3.87. The van der Waals surface area contributed by atoms with Gasteiger partial charge in [-0.15, -0.1) is 5.10 Å². The molecule has 0 aliphatic rings. The van der Waals surface area contributed by atoms with Crippen molar-refractivity contribution in [3.05, 3.63) is 83.2 Å². The van der Waals surface area contributed by atoms with Gasteiger partial charge in [-0.1, -0.05) is 66.7 Å². The average molecular weight is 291 g/mol. The number of nitrogens with zero attached hydrogens (tertiary/aromatic N) is 3. The molecule has 1 heterocycles. The van der Waals surface area contributed by atoms with Crippen LogP contribution in [-0.4, -0.2) is 15.0 Å². The maximum Gasteiger partial charge on any atom is 0.0830 e. The molecule has 3 rings (SSSR count). The molecule has 3 aromatic rings. The Hall–Kier alpha value is -2.42. The molecule has 0 aliphatic carbocycles. The zero-order valence-corrected chi connectivity index (χ0v) is 12.9. The lowest BCUT2D eigenvalue weighted by Gasteiger charge is -2.01. The number of aryl methyl sites for hydroxylation is 3. The highest BCUT2D eigenvalue weighted by molar-refractivity contribution is 5.23. The Kier molecular flexibility index (Phi) is 4.64. The van der Waals surface area contributed by atoms with E-state index in [4.69, 9.17) is 0 Å². The summed E-state index contributed by atoms with van der Waals surface area (Å²) < 4.78 is 1.91. The molecule has 0 spiro atoms. The van der Waals surface area contributed by atoms with Crippen LogP contribution in [0.5, 0.6) is 0 Å². The van der Waals surface area contributed by atoms with Crippen molar-refractivity contribution >= 4 is 0 Å². The van der Waals surface area contributed by atoms with Crippen molar-refractivity contribution < 1.29 is 0 Å². The van der Waals surface area contributed by atoms with Crippen molar-refractivity contribution in [2.24, 2.45) is 0 Å². The molecule has 0 radical (unpaired) electrons. The number of aromatic nitrogens is 3. The molecule has 0 saturated carbocycles. The molecule has 1 aromatic heterocycles. The molecule has 0 aliphatic heterocycles. The quantitative estimate of drug-likeness (QED) is 0.693. The van der Waals surface area contributed by atoms with Gasteiger partial charge in [0.1, 0.15) is 0 Å². The molecule has 22 heavy (non-hydrogen) atoms. The Morgan fingerprint density at radius 1 is 0.818 bits per heavy atom. The number of hydrogen-bond donors (Lipinski definition) is 0. The fraction of sp³-hybridized carbons (Fsp3) is 0.263. The lowest BCUT2D eigenvalue weighted by molar-refractivity contribution is 0.649. The summed E-state index contributed by atoms with van der Waals surface area (Å²) in [6.07, 6.45) is 5.08. The van der Waals surface area contributed by atoms with E-state index < -0.39 is 0 Å². The van der Waals surface area contributed by atoms with Gasteiger partial charge in [0.05, 0.1) is 12.2 Å². The van der Waals surface area contributed by atoms with E-state index in [0.29, 0.717) is 0 Å². The normalized spacial score (nSPS) is 10.8. The summed E-state index contributed by atoms with van der Waals surface area (Å²) in [4.78, 5) is 0. The minimum absolute atomic E-state index is 0.777. The summed E-state index contributed by atoms with van der Waals surface area (Å²) >= 11 is 0. The van der Waals surface area contributed by atoms with Crippen LogP contribution in [0.3, 0.4) is 0 Å². The van der Waals surface area contributed by atoms with Crippen LogP contribution in [0.4, 0.5) is 0 Å². The Balaban J connectivity index is 1.57. The first kappa shape index (κ1) is 14.5. The number of hydrogen-bond acceptors (Lipinski definition) is 2. The van der Waals surface area contributed by atoms with Crippen molar-refractivity contribution in [1.29, 1.82) is 0 Å². The molecule has 0 unspecified atom stereocenters. The minimum atomic E-state index is 0.777. The van der Waals surface area contributed by atoms with Crippen molar-refractivity contribution in [3.8, 4) is 0 Å². The second kappa shape index (κ2) is 7.03. The second-order valence-electron chi connectivity index (χ2n) is 5.56. The van der Waals surface area contributed by atoms with E-state index in [1.54, 1.807) is 0 Å². The second-order valence-corrected chi connectivity index (χ2v) is 5.56. The van der Waals surface area contributed by atoms with Gasteiger partial charge in [0.15, 0.2) is 0 Å². The zero-order chi connectivity index (χ0) is 15.2. The molecule has 3 nitrogen and oxygen atoms in total. The summed E-state index contributed by atoms with van der Waals surface area (Å²) in [5.74, 6) is 0. The Labute approximate surface area is 131 Å². The van der Waals surface area contributed by atoms with E-state index in [1.165, 1.54) is 16.7 Å². The molecular formula is C19H21N3. The summed E-state index contributed by atoms with van der Waals surface area (Å²) in [7, 11) is 0. The fourth-order valence-corrected chi connectivity index (χ4v) is 2.51. The molecule has 3 heteroatoms. The predicted octanol–water partition coefficient (Wildman–Crippen LogP) is 3.67. The van der Waals surface area contributed by atoms with Crippen LogP contribution < -0.4 is 0 Å². The smallest absolute Gasteiger partial charge is 0.0830 e. The predicted molar refractivity (Wildman–Crippen MR) is 88.8 cm³/mol. The van der Waals surface area contributed by atoms with Crippen LogP contribution in [-0.2, 0) is 25.8 Å². The molecule has 0 saturated heterocycles. The topological polar surface area (TPSA) is 30.7 Å². The highest BCUT2D eigenvalue weighted by Gasteiger charge is 2.02. The van der Waals surface area contributed by atoms with Gasteiger partial charge >= 0.3 is 0 Å². The molecule has 0 fully saturated rings. The Bertz CT molecular complexity index is 699. The van der Waals surface area contributed by atoms with Gasteiger partial charge in [-0.25, -0.2) is 4.68 Å². The maximum atomic E-state index is 4.27. The molecule has 0 atom stereocenters. The highest BCUT2D eigenvalue weighted by atomic mass is 15.4. The van der Waals surface area contributed by atoms with Crippen LogP contribution in [0.2, 0.25) is 0 Å². The molecule has 0 bridgehead atoms. The van der Waals surface area contributed by atoms with Gasteiger partial charge < -0.3 is 0 Å². The standard InChI is InChI=1S/C19H21N3/c1-2-16-8-10-17(11-9-16)12-13-19-15-22(21-20-19)14-18-6-4-3-5-7-18/h3-11,15H,2,12-14H2,1H3. The van der Waals surface area contributed by atoms with Crippen molar-refractivity contribution in [1.82, 2.24) is 15.0 Å². The maximum absolute atomic E-state index is 4.27. The van der Waals surface area contributed by atoms with Crippen molar-refractivity contribution in [3.63, 3.8) is 0 Å². The minimum Gasteiger partial charge on any atom is -0.248 e. The van der Waals surface area contributed by atoms with E-state index in [0.717, 1.165) is 31.5 Å². The van der Waals surface area contributed by atoms with E-state index in [-0.39, 0.29) is 0 Å². The van der Waals surface area contributed by atoms with Crippen LogP contribution in [0, 0.1) is 0 Å². The van der Waals surface area contributed by atoms with Crippen LogP contribution in [0.25, 0.3) is 0 Å². The van der Waals surface area contributed by atoms with Crippen LogP contribution in [0.15, 0.2) is 60.8 Å². The van der Waals surface area contributed by atoms with Crippen LogP contribution >= 0.6 is 0 Å². The lowest BCUT2D eigenvalue weighted by atomic mass is 10.1. The van der Waals surface area contributed by atoms with E-state index >= 15 is 0 Å². The van der Waals surface area contributed by atoms with Gasteiger partial charge in [0.25, 0.3) is 0 Å². The molecule has 0 amide bonds. The fourth-order valence-electron chi connectivity index (χ4n) is 2.51. The molecular weight excluding hydrogens is 270 g/mol. The first-order chi connectivity index (χ1) is 10.8. The number of benzene rings is 2. The number of rotatable bonds is 6. The van der Waals surface area contributed by atoms with Crippen molar-refractivity contribution in [2.75, 3.05) is 0 Å². The van der Waals surface area contributed by atoms with Gasteiger partial charge in [-0.2, -0.15) is 0 Å². The molecule has 0 N–H and O–H groups in total. The van der Waals surface area contributed by atoms with Crippen molar-refractivity contribution in [2.45, 2.75) is 32.7 Å². The van der Waals surface area contributed by atoms with Gasteiger partial charge in [0.2, 0.25) is 0 Å². The highest BCUT2D eigenvalue weighted by Crippen LogP contribution is 2.09. The average Bonchev–Trinajstić information content (AvgIpc) is 3.02. The van der Waals surface area contributed by atoms with E-state index in [9.17, 15) is 0 Å². The summed E-state index contributed by atoms with van der Waals surface area (Å²) in [5, 5.41) is 8.49. The SMILES string of the molecule is CCc1ccc(CCc2cn(Cc3ccccc3)nn2)cc1.